The molecule has 0 N–H and O–H groups in total. The van der Waals surface area contributed by atoms with E-state index in [1.807, 2.05) is 17.4 Å². The van der Waals surface area contributed by atoms with Gasteiger partial charge in [0.15, 0.2) is 0 Å². The molecule has 0 saturated carbocycles. The minimum absolute atomic E-state index is 0.205. The summed E-state index contributed by atoms with van der Waals surface area (Å²) in [7, 11) is 0. The number of fused-ring (bicyclic) bond motifs is 10. The van der Waals surface area contributed by atoms with Crippen molar-refractivity contribution in [3.63, 3.8) is 0 Å². The molecule has 3 heteroatoms. The molecule has 256 valence electrons. The number of hydrogen-bond acceptors (Lipinski definition) is 3. The Hall–Kier alpha value is -6.42. The third-order valence-corrected chi connectivity index (χ3v) is 12.7. The summed E-state index contributed by atoms with van der Waals surface area (Å²) in [5, 5.41) is 4.97. The number of rotatable bonds is 5. The first kappa shape index (κ1) is 31.1. The Morgan fingerprint density at radius 1 is 0.463 bits per heavy atom. The summed E-state index contributed by atoms with van der Waals surface area (Å²) in [5.41, 5.74) is 15.0. The highest BCUT2D eigenvalue weighted by atomic mass is 32.1. The van der Waals surface area contributed by atoms with Gasteiger partial charge in [0.1, 0.15) is 11.2 Å². The first-order valence-electron chi connectivity index (χ1n) is 18.6. The monoisotopic (exact) mass is 709 g/mol. The van der Waals surface area contributed by atoms with Crippen molar-refractivity contribution in [1.82, 2.24) is 0 Å². The minimum atomic E-state index is -0.205. The second-order valence-corrected chi connectivity index (χ2v) is 15.9. The van der Waals surface area contributed by atoms with E-state index in [9.17, 15) is 0 Å². The van der Waals surface area contributed by atoms with Crippen LogP contribution in [-0.2, 0) is 5.41 Å². The van der Waals surface area contributed by atoms with Gasteiger partial charge in [-0.2, -0.15) is 0 Å². The van der Waals surface area contributed by atoms with Gasteiger partial charge >= 0.3 is 0 Å². The summed E-state index contributed by atoms with van der Waals surface area (Å²) in [4.78, 5) is 2.40. The van der Waals surface area contributed by atoms with Crippen molar-refractivity contribution < 1.29 is 4.42 Å². The lowest BCUT2D eigenvalue weighted by molar-refractivity contribution is 0.653. The van der Waals surface area contributed by atoms with E-state index in [0.717, 1.165) is 33.6 Å². The van der Waals surface area contributed by atoms with E-state index in [1.54, 1.807) is 0 Å². The van der Waals surface area contributed by atoms with Gasteiger partial charge in [0.2, 0.25) is 0 Å². The Kier molecular flexibility index (Phi) is 6.80. The van der Waals surface area contributed by atoms with Gasteiger partial charge < -0.3 is 9.32 Å². The Labute approximate surface area is 318 Å². The summed E-state index contributed by atoms with van der Waals surface area (Å²) in [6.45, 7) is 4.69. The first-order valence-corrected chi connectivity index (χ1v) is 19.4. The number of benzene rings is 8. The highest BCUT2D eigenvalue weighted by Gasteiger charge is 2.38. The average Bonchev–Trinajstić information content (AvgIpc) is 3.87. The number of furan rings is 1. The quantitative estimate of drug-likeness (QED) is 0.177. The molecule has 11 rings (SSSR count). The predicted octanol–water partition coefficient (Wildman–Crippen LogP) is 15.1. The van der Waals surface area contributed by atoms with Crippen LogP contribution < -0.4 is 4.90 Å². The zero-order valence-corrected chi connectivity index (χ0v) is 30.8. The van der Waals surface area contributed by atoms with E-state index < -0.39 is 0 Å². The van der Waals surface area contributed by atoms with Crippen molar-refractivity contribution in [2.45, 2.75) is 19.3 Å². The van der Waals surface area contributed by atoms with Crippen LogP contribution in [0, 0.1) is 0 Å². The van der Waals surface area contributed by atoms with Crippen molar-refractivity contribution in [3.8, 4) is 33.4 Å². The lowest BCUT2D eigenvalue weighted by atomic mass is 9.82. The molecule has 0 amide bonds. The van der Waals surface area contributed by atoms with Crippen LogP contribution >= 0.6 is 11.3 Å². The van der Waals surface area contributed by atoms with Crippen LogP contribution in [0.5, 0.6) is 0 Å². The topological polar surface area (TPSA) is 16.4 Å². The van der Waals surface area contributed by atoms with Crippen molar-refractivity contribution in [1.29, 1.82) is 0 Å². The molecule has 0 aliphatic heterocycles. The molecule has 0 spiro atoms. The van der Waals surface area contributed by atoms with Gasteiger partial charge in [0.05, 0.1) is 0 Å². The Morgan fingerprint density at radius 2 is 1.11 bits per heavy atom. The van der Waals surface area contributed by atoms with Gasteiger partial charge in [-0.15, -0.1) is 11.3 Å². The molecule has 0 bridgehead atoms. The highest BCUT2D eigenvalue weighted by Crippen LogP contribution is 2.54. The van der Waals surface area contributed by atoms with Gasteiger partial charge in [-0.3, -0.25) is 0 Å². The van der Waals surface area contributed by atoms with Crippen LogP contribution in [0.1, 0.15) is 25.0 Å². The molecule has 0 radical (unpaired) electrons. The number of anilines is 3. The van der Waals surface area contributed by atoms with E-state index in [2.05, 4.69) is 189 Å². The molecule has 1 aliphatic rings. The van der Waals surface area contributed by atoms with E-state index in [4.69, 9.17) is 4.42 Å². The molecule has 0 fully saturated rings. The van der Waals surface area contributed by atoms with Crippen molar-refractivity contribution in [2.24, 2.45) is 0 Å². The summed E-state index contributed by atoms with van der Waals surface area (Å²) in [6.07, 6.45) is 0. The third-order valence-electron chi connectivity index (χ3n) is 11.5. The lowest BCUT2D eigenvalue weighted by Crippen LogP contribution is -2.16. The van der Waals surface area contributed by atoms with Gasteiger partial charge in [-0.05, 0) is 87.5 Å². The fraction of sp³-hybridized carbons (Fsp3) is 0.0588. The van der Waals surface area contributed by atoms with Crippen LogP contribution in [0.3, 0.4) is 0 Å². The predicted molar refractivity (Wildman–Crippen MR) is 230 cm³/mol. The SMILES string of the molecule is CC1(C)c2cc(N(c3ccc(-c4ccccc4)cc3)c3ccc(-c4cccc5c4sc4ccccc45)cc3)ccc2-c2c1ccc1c2oc2ccccc21. The minimum Gasteiger partial charge on any atom is -0.455 e. The Morgan fingerprint density at radius 3 is 1.91 bits per heavy atom. The molecule has 2 aromatic heterocycles. The number of para-hydroxylation sites is 1. The molecule has 8 aromatic carbocycles. The molecule has 0 atom stereocenters. The standard InChI is InChI=1S/C51H35NOS/c1-51(2)44-30-29-41-39-13-6-8-17-46(39)53-49(41)48(44)43-28-27-37(31-45(43)51)52(35-23-19-33(20-24-35)32-11-4-3-5-12-32)36-25-21-34(22-26-36)38-15-10-16-42-40-14-7-9-18-47(40)54-50(38)42/h3-31H,1-2H3. The van der Waals surface area contributed by atoms with Crippen LogP contribution in [0.4, 0.5) is 17.1 Å². The zero-order valence-electron chi connectivity index (χ0n) is 30.0. The lowest BCUT2D eigenvalue weighted by Gasteiger charge is -2.28. The molecular formula is C51H35NOS. The fourth-order valence-corrected chi connectivity index (χ4v) is 10.0. The Bertz CT molecular complexity index is 3060. The zero-order chi connectivity index (χ0) is 36.0. The fourth-order valence-electron chi connectivity index (χ4n) is 8.77. The van der Waals surface area contributed by atoms with Gasteiger partial charge in [-0.25, -0.2) is 0 Å². The molecule has 2 heterocycles. The summed E-state index contributed by atoms with van der Waals surface area (Å²) in [6, 6.07) is 64.0. The Balaban J connectivity index is 1.05. The van der Waals surface area contributed by atoms with Crippen molar-refractivity contribution in [2.75, 3.05) is 4.90 Å². The molecule has 54 heavy (non-hydrogen) atoms. The van der Waals surface area contributed by atoms with E-state index in [1.165, 1.54) is 70.1 Å². The number of hydrogen-bond donors (Lipinski definition) is 0. The number of nitrogens with zero attached hydrogens (tertiary/aromatic N) is 1. The van der Waals surface area contributed by atoms with Crippen LogP contribution in [0.25, 0.3) is 75.5 Å². The van der Waals surface area contributed by atoms with Crippen LogP contribution in [-0.4, -0.2) is 0 Å². The van der Waals surface area contributed by atoms with Crippen molar-refractivity contribution >= 4 is 70.5 Å². The maximum absolute atomic E-state index is 6.59. The largest absolute Gasteiger partial charge is 0.455 e. The average molecular weight is 710 g/mol. The molecule has 1 aliphatic carbocycles. The van der Waals surface area contributed by atoms with Gasteiger partial charge in [-0.1, -0.05) is 141 Å². The van der Waals surface area contributed by atoms with E-state index in [-0.39, 0.29) is 5.41 Å². The first-order chi connectivity index (χ1) is 26.5. The second-order valence-electron chi connectivity index (χ2n) is 14.9. The van der Waals surface area contributed by atoms with E-state index in [0.29, 0.717) is 0 Å². The molecule has 0 unspecified atom stereocenters. The molecule has 10 aromatic rings. The maximum Gasteiger partial charge on any atom is 0.143 e. The highest BCUT2D eigenvalue weighted by molar-refractivity contribution is 7.26. The second kappa shape index (κ2) is 11.8. The smallest absolute Gasteiger partial charge is 0.143 e. The normalized spacial score (nSPS) is 13.1. The van der Waals surface area contributed by atoms with Gasteiger partial charge in [0, 0.05) is 59.0 Å². The summed E-state index contributed by atoms with van der Waals surface area (Å²) in [5.74, 6) is 0. The van der Waals surface area contributed by atoms with E-state index >= 15 is 0 Å². The van der Waals surface area contributed by atoms with Crippen LogP contribution in [0.15, 0.2) is 180 Å². The number of thiophene rings is 1. The summed E-state index contributed by atoms with van der Waals surface area (Å²) >= 11 is 1.88. The molecule has 2 nitrogen and oxygen atoms in total. The van der Waals surface area contributed by atoms with Gasteiger partial charge in [0.25, 0.3) is 0 Å². The molecular weight excluding hydrogens is 675 g/mol. The third kappa shape index (κ3) is 4.65. The summed E-state index contributed by atoms with van der Waals surface area (Å²) < 4.78 is 9.25. The molecule has 0 saturated heterocycles. The van der Waals surface area contributed by atoms with Crippen molar-refractivity contribution in [3.05, 3.63) is 187 Å². The van der Waals surface area contributed by atoms with Crippen LogP contribution in [0.2, 0.25) is 0 Å². The maximum atomic E-state index is 6.59.